The van der Waals surface area contributed by atoms with Gasteiger partial charge in [-0.3, -0.25) is 0 Å². The second-order valence-corrected chi connectivity index (χ2v) is 2.72. The van der Waals surface area contributed by atoms with E-state index in [0.717, 1.165) is 0 Å². The van der Waals surface area contributed by atoms with Crippen LogP contribution in [-0.4, -0.2) is 60.4 Å². The Hall–Kier alpha value is -1.01. The smallest absolute Gasteiger partial charge is 0.415 e. The third kappa shape index (κ3) is 3.04. The lowest BCUT2D eigenvalue weighted by Gasteiger charge is -2.28. The molecule has 0 aliphatic carbocycles. The number of urea groups is 1. The molecule has 0 saturated carbocycles. The Kier molecular flexibility index (Phi) is 5.26. The first-order valence-electron chi connectivity index (χ1n) is 3.96. The summed E-state index contributed by atoms with van der Waals surface area (Å²) in [4.78, 5) is 23.9. The average Bonchev–Trinajstić information content (AvgIpc) is 2.17. The van der Waals surface area contributed by atoms with Gasteiger partial charge < -0.3 is 14.7 Å². The predicted molar refractivity (Wildman–Crippen MR) is 50.8 cm³/mol. The van der Waals surface area contributed by atoms with Crippen LogP contribution in [0.4, 0.5) is 9.59 Å². The fourth-order valence-corrected chi connectivity index (χ4v) is 1.05. The van der Waals surface area contributed by atoms with Gasteiger partial charge in [-0.05, 0) is 0 Å². The van der Waals surface area contributed by atoms with Crippen molar-refractivity contribution in [1.29, 1.82) is 0 Å². The maximum atomic E-state index is 11.4. The third-order valence-corrected chi connectivity index (χ3v) is 1.86. The van der Waals surface area contributed by atoms with E-state index in [1.54, 1.807) is 0 Å². The van der Waals surface area contributed by atoms with Gasteiger partial charge in [0.05, 0.1) is 13.2 Å². The fourth-order valence-electron chi connectivity index (χ4n) is 1.05. The van der Waals surface area contributed by atoms with Gasteiger partial charge in [-0.15, -0.1) is 12.4 Å². The van der Waals surface area contributed by atoms with Crippen LogP contribution in [0.15, 0.2) is 0 Å². The highest BCUT2D eigenvalue weighted by Crippen LogP contribution is 2.01. The van der Waals surface area contributed by atoms with Crippen molar-refractivity contribution in [3.05, 3.63) is 0 Å². The molecule has 6 nitrogen and oxygen atoms in total. The summed E-state index contributed by atoms with van der Waals surface area (Å²) in [6.45, 7) is 1.85. The monoisotopic (exact) mass is 224 g/mol. The molecule has 0 aromatic heterocycles. The van der Waals surface area contributed by atoms with Crippen molar-refractivity contribution in [2.75, 3.05) is 33.4 Å². The lowest BCUT2D eigenvalue weighted by atomic mass is 10.4. The number of carboxylic acid groups (broad SMARTS) is 1. The molecule has 3 amide bonds. The van der Waals surface area contributed by atoms with Gasteiger partial charge >= 0.3 is 12.1 Å². The Morgan fingerprint density at radius 1 is 1.36 bits per heavy atom. The van der Waals surface area contributed by atoms with Crippen molar-refractivity contribution in [2.24, 2.45) is 0 Å². The van der Waals surface area contributed by atoms with E-state index >= 15 is 0 Å². The molecule has 0 radical (unpaired) electrons. The van der Waals surface area contributed by atoms with E-state index in [0.29, 0.717) is 31.2 Å². The van der Waals surface area contributed by atoms with Crippen molar-refractivity contribution < 1.29 is 19.4 Å². The molecule has 1 aliphatic heterocycles. The van der Waals surface area contributed by atoms with E-state index in [-0.39, 0.29) is 12.4 Å². The molecule has 0 unspecified atom stereocenters. The van der Waals surface area contributed by atoms with E-state index in [9.17, 15) is 9.59 Å². The van der Waals surface area contributed by atoms with Crippen LogP contribution in [-0.2, 0) is 4.74 Å². The molecule has 1 saturated heterocycles. The van der Waals surface area contributed by atoms with Crippen molar-refractivity contribution >= 4 is 24.5 Å². The maximum absolute atomic E-state index is 11.4. The summed E-state index contributed by atoms with van der Waals surface area (Å²) in [5, 5.41) is 8.53. The Bertz CT molecular complexity index is 218. The Morgan fingerprint density at radius 2 is 1.86 bits per heavy atom. The number of amides is 3. The Balaban J connectivity index is 0.00000169. The lowest BCUT2D eigenvalue weighted by Crippen LogP contribution is -2.48. The lowest BCUT2D eigenvalue weighted by molar-refractivity contribution is 0.0454. The standard InChI is InChI=1S/C7H12N2O4.ClH/c1-8(7(11)12)6(10)9-2-4-13-5-3-9;/h2-5H2,1H3,(H,11,12);1H. The number of halogens is 1. The van der Waals surface area contributed by atoms with E-state index in [2.05, 4.69) is 0 Å². The minimum Gasteiger partial charge on any atom is -0.465 e. The molecule has 1 fully saturated rings. The summed E-state index contributed by atoms with van der Waals surface area (Å²) in [5.74, 6) is 0. The predicted octanol–water partition coefficient (Wildman–Crippen LogP) is 0.470. The summed E-state index contributed by atoms with van der Waals surface area (Å²) < 4.78 is 5.03. The number of ether oxygens (including phenoxy) is 1. The summed E-state index contributed by atoms with van der Waals surface area (Å²) in [6.07, 6.45) is -1.24. The van der Waals surface area contributed by atoms with Gasteiger partial charge in [-0.25, -0.2) is 14.5 Å². The number of hydrogen-bond acceptors (Lipinski definition) is 3. The molecular formula is C7H13ClN2O4. The van der Waals surface area contributed by atoms with Crippen LogP contribution >= 0.6 is 12.4 Å². The van der Waals surface area contributed by atoms with E-state index < -0.39 is 12.1 Å². The number of carbonyl (C=O) groups excluding carboxylic acids is 1. The number of imide groups is 1. The first-order chi connectivity index (χ1) is 6.13. The summed E-state index contributed by atoms with van der Waals surface area (Å²) in [5.41, 5.74) is 0. The van der Waals surface area contributed by atoms with E-state index in [1.807, 2.05) is 0 Å². The van der Waals surface area contributed by atoms with Crippen LogP contribution in [0.1, 0.15) is 0 Å². The zero-order chi connectivity index (χ0) is 9.84. The molecule has 14 heavy (non-hydrogen) atoms. The van der Waals surface area contributed by atoms with Gasteiger partial charge in [-0.1, -0.05) is 0 Å². The van der Waals surface area contributed by atoms with Gasteiger partial charge in [0.1, 0.15) is 0 Å². The molecular weight excluding hydrogens is 212 g/mol. The minimum absolute atomic E-state index is 0. The second-order valence-electron chi connectivity index (χ2n) is 2.72. The molecule has 1 aliphatic rings. The minimum atomic E-state index is -1.24. The molecule has 1 N–H and O–H groups in total. The molecule has 7 heteroatoms. The highest BCUT2D eigenvalue weighted by molar-refractivity contribution is 5.89. The molecule has 1 rings (SSSR count). The van der Waals surface area contributed by atoms with Crippen LogP contribution in [0.25, 0.3) is 0 Å². The number of nitrogens with zero attached hydrogens (tertiary/aromatic N) is 2. The summed E-state index contributed by atoms with van der Waals surface area (Å²) >= 11 is 0. The molecule has 82 valence electrons. The van der Waals surface area contributed by atoms with Crippen molar-refractivity contribution in [1.82, 2.24) is 9.80 Å². The van der Waals surface area contributed by atoms with Crippen LogP contribution in [0.2, 0.25) is 0 Å². The van der Waals surface area contributed by atoms with Crippen molar-refractivity contribution in [3.63, 3.8) is 0 Å². The Morgan fingerprint density at radius 3 is 2.29 bits per heavy atom. The number of morpholine rings is 1. The van der Waals surface area contributed by atoms with Gasteiger partial charge in [0.25, 0.3) is 0 Å². The number of rotatable bonds is 0. The van der Waals surface area contributed by atoms with Crippen LogP contribution in [0, 0.1) is 0 Å². The maximum Gasteiger partial charge on any atom is 0.415 e. The van der Waals surface area contributed by atoms with Gasteiger partial charge in [-0.2, -0.15) is 0 Å². The van der Waals surface area contributed by atoms with Gasteiger partial charge in [0.2, 0.25) is 0 Å². The fraction of sp³-hybridized carbons (Fsp3) is 0.714. The summed E-state index contributed by atoms with van der Waals surface area (Å²) in [7, 11) is 1.24. The second kappa shape index (κ2) is 5.66. The van der Waals surface area contributed by atoms with Crippen LogP contribution in [0.5, 0.6) is 0 Å². The quantitative estimate of drug-likeness (QED) is 0.650. The van der Waals surface area contributed by atoms with Crippen molar-refractivity contribution in [2.45, 2.75) is 0 Å². The largest absolute Gasteiger partial charge is 0.465 e. The van der Waals surface area contributed by atoms with Crippen LogP contribution < -0.4 is 0 Å². The summed E-state index contributed by atoms with van der Waals surface area (Å²) in [6, 6.07) is -0.490. The molecule has 0 atom stereocenters. The number of hydrogen-bond donors (Lipinski definition) is 1. The topological polar surface area (TPSA) is 70.1 Å². The van der Waals surface area contributed by atoms with Gasteiger partial charge in [0.15, 0.2) is 0 Å². The zero-order valence-electron chi connectivity index (χ0n) is 7.80. The normalized spacial score (nSPS) is 15.6. The van der Waals surface area contributed by atoms with E-state index in [4.69, 9.17) is 9.84 Å². The third-order valence-electron chi connectivity index (χ3n) is 1.86. The van der Waals surface area contributed by atoms with Crippen LogP contribution in [0.3, 0.4) is 0 Å². The first kappa shape index (κ1) is 13.0. The highest BCUT2D eigenvalue weighted by atomic mass is 35.5. The van der Waals surface area contributed by atoms with Gasteiger partial charge in [0, 0.05) is 20.1 Å². The average molecular weight is 225 g/mol. The van der Waals surface area contributed by atoms with E-state index in [1.165, 1.54) is 11.9 Å². The molecule has 1 heterocycles. The molecule has 0 spiro atoms. The number of carbonyl (C=O) groups is 2. The SMILES string of the molecule is CN(C(=O)O)C(=O)N1CCOCC1.Cl. The molecule has 0 aromatic carbocycles. The Labute approximate surface area is 87.8 Å². The molecule has 0 bridgehead atoms. The molecule has 0 aromatic rings. The first-order valence-corrected chi connectivity index (χ1v) is 3.96. The van der Waals surface area contributed by atoms with Crippen molar-refractivity contribution in [3.8, 4) is 0 Å². The zero-order valence-corrected chi connectivity index (χ0v) is 8.62. The highest BCUT2D eigenvalue weighted by Gasteiger charge is 2.23.